The maximum atomic E-state index is 14.1. The number of pyridine rings is 1. The molecule has 66 heavy (non-hydrogen) atoms. The first kappa shape index (κ1) is 45.5. The number of nitrogens with one attached hydrogen (secondary N) is 3. The molecule has 0 radical (unpaired) electrons. The SMILES string of the molecule is COc1nc2[nH]ccc2cc1Oc1cc(N2CCC3(CC2)CN([C@H]2CCC[C@H]2c2ccccc2C(C)C)C3)ccc1C(=O)NS(=O)(=O)c1ccc(NCC2CCC(C)(C)CC2)c([N+](=O)[O-])c1. The number of hydrogen-bond acceptors (Lipinski definition) is 11. The van der Waals surface area contributed by atoms with Crippen molar-refractivity contribution in [2.75, 3.05) is 50.1 Å². The number of fused-ring (bicyclic) bond motifs is 1. The minimum absolute atomic E-state index is 0.0461. The first-order valence-corrected chi connectivity index (χ1v) is 25.1. The van der Waals surface area contributed by atoms with Crippen LogP contribution in [0, 0.1) is 26.9 Å². The van der Waals surface area contributed by atoms with Crippen LogP contribution in [0.25, 0.3) is 11.0 Å². The first-order valence-electron chi connectivity index (χ1n) is 23.6. The van der Waals surface area contributed by atoms with Crippen molar-refractivity contribution in [3.05, 3.63) is 106 Å². The van der Waals surface area contributed by atoms with E-state index >= 15 is 0 Å². The minimum Gasteiger partial charge on any atom is -0.478 e. The first-order chi connectivity index (χ1) is 31.6. The van der Waals surface area contributed by atoms with E-state index in [1.807, 2.05) is 12.1 Å². The van der Waals surface area contributed by atoms with Gasteiger partial charge in [0.05, 0.1) is 22.5 Å². The minimum atomic E-state index is -4.57. The smallest absolute Gasteiger partial charge is 0.293 e. The lowest BCUT2D eigenvalue weighted by Gasteiger charge is -2.57. The van der Waals surface area contributed by atoms with Crippen molar-refractivity contribution in [1.29, 1.82) is 0 Å². The quantitative estimate of drug-likeness (QED) is 0.0715. The Hall–Kier alpha value is -5.67. The number of ether oxygens (including phenoxy) is 2. The van der Waals surface area contributed by atoms with Gasteiger partial charge in [-0.15, -0.1) is 0 Å². The molecule has 1 amide bonds. The largest absolute Gasteiger partial charge is 0.478 e. The Kier molecular flexibility index (Phi) is 12.5. The Bertz CT molecular complexity index is 2710. The second kappa shape index (κ2) is 18.2. The van der Waals surface area contributed by atoms with Gasteiger partial charge in [-0.05, 0) is 127 Å². The summed E-state index contributed by atoms with van der Waals surface area (Å²) in [6.07, 6.45) is 11.7. The van der Waals surface area contributed by atoms with Crippen LogP contribution in [0.2, 0.25) is 0 Å². The highest BCUT2D eigenvalue weighted by atomic mass is 32.2. The fourth-order valence-corrected chi connectivity index (χ4v) is 12.1. The Morgan fingerprint density at radius 2 is 1.71 bits per heavy atom. The zero-order valence-electron chi connectivity index (χ0n) is 38.8. The molecule has 3 N–H and O–H groups in total. The molecular formula is C51H63N7O7S. The number of amides is 1. The fraction of sp³-hybridized carbons (Fsp3) is 0.490. The third-order valence-corrected chi connectivity index (χ3v) is 16.4. The Morgan fingerprint density at radius 1 is 0.955 bits per heavy atom. The summed E-state index contributed by atoms with van der Waals surface area (Å²) >= 11 is 0. The van der Waals surface area contributed by atoms with Crippen molar-refractivity contribution in [1.82, 2.24) is 19.6 Å². The summed E-state index contributed by atoms with van der Waals surface area (Å²) in [6.45, 7) is 13.5. The van der Waals surface area contributed by atoms with Gasteiger partial charge in [-0.1, -0.05) is 58.4 Å². The van der Waals surface area contributed by atoms with E-state index in [0.717, 1.165) is 81.8 Å². The molecule has 2 saturated carbocycles. The van der Waals surface area contributed by atoms with Crippen molar-refractivity contribution in [2.24, 2.45) is 16.7 Å². The van der Waals surface area contributed by atoms with Gasteiger partial charge in [0.2, 0.25) is 0 Å². The van der Waals surface area contributed by atoms with Gasteiger partial charge >= 0.3 is 0 Å². The highest BCUT2D eigenvalue weighted by molar-refractivity contribution is 7.90. The second-order valence-corrected chi connectivity index (χ2v) is 22.0. The molecule has 2 saturated heterocycles. The lowest BCUT2D eigenvalue weighted by molar-refractivity contribution is -0.384. The average molecular weight is 918 g/mol. The number of nitrogens with zero attached hydrogens (tertiary/aromatic N) is 4. The third kappa shape index (κ3) is 9.33. The molecular weight excluding hydrogens is 855 g/mol. The zero-order valence-corrected chi connectivity index (χ0v) is 39.6. The molecule has 4 aliphatic rings. The Balaban J connectivity index is 0.918. The van der Waals surface area contributed by atoms with Crippen LogP contribution in [0.4, 0.5) is 17.1 Å². The van der Waals surface area contributed by atoms with E-state index in [-0.39, 0.29) is 45.1 Å². The number of aromatic nitrogens is 2. The number of carbonyl (C=O) groups is 1. The molecule has 9 rings (SSSR count). The van der Waals surface area contributed by atoms with Crippen molar-refractivity contribution >= 4 is 44.0 Å². The van der Waals surface area contributed by atoms with Crippen molar-refractivity contribution in [3.8, 4) is 17.4 Å². The van der Waals surface area contributed by atoms with Crippen LogP contribution in [0.5, 0.6) is 17.4 Å². The molecule has 5 aromatic rings. The summed E-state index contributed by atoms with van der Waals surface area (Å²) in [6, 6.07) is 22.0. The number of nitro benzene ring substituents is 1. The lowest BCUT2D eigenvalue weighted by atomic mass is 9.70. The number of benzene rings is 3. The predicted molar refractivity (Wildman–Crippen MR) is 258 cm³/mol. The Morgan fingerprint density at radius 3 is 2.44 bits per heavy atom. The molecule has 1 spiro atoms. The number of piperidine rings is 1. The maximum Gasteiger partial charge on any atom is 0.293 e. The van der Waals surface area contributed by atoms with E-state index in [4.69, 9.17) is 9.47 Å². The van der Waals surface area contributed by atoms with Crippen LogP contribution < -0.4 is 24.4 Å². The van der Waals surface area contributed by atoms with Crippen LogP contribution in [0.3, 0.4) is 0 Å². The van der Waals surface area contributed by atoms with E-state index < -0.39 is 25.7 Å². The highest BCUT2D eigenvalue weighted by Crippen LogP contribution is 2.49. The molecule has 3 aromatic carbocycles. The van der Waals surface area contributed by atoms with Gasteiger partial charge in [0.1, 0.15) is 17.1 Å². The van der Waals surface area contributed by atoms with Crippen molar-refractivity contribution in [2.45, 2.75) is 108 Å². The van der Waals surface area contributed by atoms with E-state index in [9.17, 15) is 23.3 Å². The number of anilines is 2. The van der Waals surface area contributed by atoms with Crippen molar-refractivity contribution in [3.63, 3.8) is 0 Å². The topological polar surface area (TPSA) is 172 Å². The van der Waals surface area contributed by atoms with Gasteiger partial charge in [0, 0.05) is 68.2 Å². The molecule has 2 atom stereocenters. The molecule has 350 valence electrons. The average Bonchev–Trinajstić information content (AvgIpc) is 3.97. The van der Waals surface area contributed by atoms with Gasteiger partial charge in [0.15, 0.2) is 5.75 Å². The number of rotatable bonds is 14. The molecule has 4 heterocycles. The van der Waals surface area contributed by atoms with Crippen molar-refractivity contribution < 1.29 is 27.6 Å². The van der Waals surface area contributed by atoms with Crippen LogP contribution in [-0.4, -0.2) is 80.0 Å². The number of likely N-dealkylation sites (tertiary alicyclic amines) is 1. The zero-order chi connectivity index (χ0) is 46.4. The summed E-state index contributed by atoms with van der Waals surface area (Å²) in [4.78, 5) is 38.0. The van der Waals surface area contributed by atoms with E-state index in [1.54, 1.807) is 24.4 Å². The maximum absolute atomic E-state index is 14.1. The molecule has 4 fully saturated rings. The summed E-state index contributed by atoms with van der Waals surface area (Å²) < 4.78 is 41.9. The van der Waals surface area contributed by atoms with E-state index in [0.29, 0.717) is 36.0 Å². The van der Waals surface area contributed by atoms with E-state index in [2.05, 4.69) is 81.8 Å². The fourth-order valence-electron chi connectivity index (χ4n) is 11.1. The standard InChI is InChI=1S/C51H63N7O7S/c1-33(2)38-9-6-7-10-39(38)40-11-8-12-43(40)57-31-51(32-57)22-25-56(26-23-51)36-13-15-41(45(28-36)65-46-27-35-19-24-52-47(35)54-49(46)64-5)48(59)55-66(62,63)37-14-16-42(44(29-37)58(60)61)53-30-34-17-20-50(3,4)21-18-34/h6-7,9-10,13-16,19,24,27-29,33-34,40,43,53H,8,11-12,17-18,20-23,25-26,30-32H2,1-5H3,(H,52,54)(H,55,59)/t40-,43-/m0/s1. The van der Waals surface area contributed by atoms with Gasteiger partial charge < -0.3 is 24.7 Å². The van der Waals surface area contributed by atoms with Crippen LogP contribution in [-0.2, 0) is 10.0 Å². The molecule has 2 aliphatic heterocycles. The predicted octanol–water partition coefficient (Wildman–Crippen LogP) is 10.4. The van der Waals surface area contributed by atoms with E-state index in [1.165, 1.54) is 49.6 Å². The number of sulfonamides is 1. The van der Waals surface area contributed by atoms with Gasteiger partial charge in [-0.25, -0.2) is 13.1 Å². The van der Waals surface area contributed by atoms with Crippen LogP contribution in [0.15, 0.2) is 83.9 Å². The van der Waals surface area contributed by atoms with Gasteiger partial charge in [-0.2, -0.15) is 4.98 Å². The van der Waals surface area contributed by atoms with Crippen LogP contribution in [0.1, 0.15) is 119 Å². The Labute approximate surface area is 388 Å². The number of methoxy groups -OCH3 is 1. The molecule has 15 heteroatoms. The molecule has 14 nitrogen and oxygen atoms in total. The van der Waals surface area contributed by atoms with Gasteiger partial charge in [-0.3, -0.25) is 19.8 Å². The number of hydrogen-bond donors (Lipinski definition) is 3. The normalized spacial score (nSPS) is 20.9. The number of carbonyl (C=O) groups excluding carboxylic acids is 1. The second-order valence-electron chi connectivity index (χ2n) is 20.3. The summed E-state index contributed by atoms with van der Waals surface area (Å²) in [5, 5.41) is 16.2. The lowest BCUT2D eigenvalue weighted by Crippen LogP contribution is -2.63. The van der Waals surface area contributed by atoms with Crippen LogP contribution >= 0.6 is 0 Å². The highest BCUT2D eigenvalue weighted by Gasteiger charge is 2.49. The molecule has 2 aromatic heterocycles. The number of aromatic amines is 1. The number of nitro groups is 1. The third-order valence-electron chi connectivity index (χ3n) is 15.1. The summed E-state index contributed by atoms with van der Waals surface area (Å²) in [5.41, 5.74) is 4.77. The summed E-state index contributed by atoms with van der Waals surface area (Å²) in [7, 11) is -3.10. The summed E-state index contributed by atoms with van der Waals surface area (Å²) in [5.74, 6) is 0.997. The van der Waals surface area contributed by atoms with Gasteiger partial charge in [0.25, 0.3) is 27.5 Å². The molecule has 0 bridgehead atoms. The molecule has 0 unspecified atom stereocenters. The monoisotopic (exact) mass is 917 g/mol. The number of H-pyrrole nitrogens is 1. The molecule has 2 aliphatic carbocycles.